The Bertz CT molecular complexity index is 1970. The molecule has 16 nitrogen and oxygen atoms in total. The van der Waals surface area contributed by atoms with Crippen LogP contribution in [0.1, 0.15) is 32.8 Å². The van der Waals surface area contributed by atoms with Crippen molar-refractivity contribution >= 4 is 53.3 Å². The zero-order chi connectivity index (χ0) is 39.7. The number of benzene rings is 1. The summed E-state index contributed by atoms with van der Waals surface area (Å²) >= 11 is 1.31. The number of esters is 2. The maximum absolute atomic E-state index is 13.8. The second-order valence-corrected chi connectivity index (χ2v) is 14.2. The number of carbonyl (C=O) groups is 5. The fraction of sp³-hybridized carbons (Fsp3) is 0.351. The van der Waals surface area contributed by atoms with E-state index in [-0.39, 0.29) is 30.3 Å². The first kappa shape index (κ1) is 40.0. The van der Waals surface area contributed by atoms with Gasteiger partial charge in [-0.3, -0.25) is 34.4 Å². The number of nitrogens with zero attached hydrogens (tertiary/aromatic N) is 5. The maximum atomic E-state index is 13.8. The average Bonchev–Trinajstić information content (AvgIpc) is 3.66. The molecule has 288 valence electrons. The summed E-state index contributed by atoms with van der Waals surface area (Å²) in [5.41, 5.74) is 1.52. The summed E-state index contributed by atoms with van der Waals surface area (Å²) in [6.45, 7) is 3.72. The van der Waals surface area contributed by atoms with Crippen molar-refractivity contribution < 1.29 is 47.4 Å². The van der Waals surface area contributed by atoms with Gasteiger partial charge in [-0.25, -0.2) is 9.18 Å². The number of halogens is 1. The van der Waals surface area contributed by atoms with Gasteiger partial charge in [0.15, 0.2) is 11.9 Å². The molecule has 0 saturated carbocycles. The second-order valence-electron chi connectivity index (χ2n) is 13.1. The molecule has 1 aromatic carbocycles. The number of aliphatic imine (C=N–C) groups is 1. The third kappa shape index (κ3) is 10.1. The van der Waals surface area contributed by atoms with Gasteiger partial charge in [-0.1, -0.05) is 17.3 Å². The van der Waals surface area contributed by atoms with Gasteiger partial charge in [0.1, 0.15) is 54.0 Å². The molecule has 0 aliphatic carbocycles. The maximum Gasteiger partial charge on any atom is 0.355 e. The smallest absolute Gasteiger partial charge is 0.355 e. The van der Waals surface area contributed by atoms with Gasteiger partial charge in [-0.15, -0.1) is 11.8 Å². The van der Waals surface area contributed by atoms with Crippen molar-refractivity contribution in [2.45, 2.75) is 50.8 Å². The molecule has 1 saturated heterocycles. The normalized spacial score (nSPS) is 18.9. The van der Waals surface area contributed by atoms with Gasteiger partial charge in [0, 0.05) is 36.5 Å². The number of allylic oxidation sites excluding steroid dienone is 5. The predicted octanol–water partition coefficient (Wildman–Crippen LogP) is 2.67. The Morgan fingerprint density at radius 2 is 1.85 bits per heavy atom. The van der Waals surface area contributed by atoms with Crippen LogP contribution in [0.4, 0.5) is 4.39 Å². The van der Waals surface area contributed by atoms with E-state index in [1.54, 1.807) is 86.8 Å². The number of ether oxygens (including phenoxy) is 3. The monoisotopic (exact) mass is 775 g/mol. The summed E-state index contributed by atoms with van der Waals surface area (Å²) < 4.78 is 28.9. The van der Waals surface area contributed by atoms with E-state index in [0.717, 1.165) is 5.57 Å². The van der Waals surface area contributed by atoms with Crippen LogP contribution in [-0.2, 0) is 44.9 Å². The summed E-state index contributed by atoms with van der Waals surface area (Å²) in [6, 6.07) is 5.84. The number of nitrogens with one attached hydrogen (secondary N) is 2. The first-order chi connectivity index (χ1) is 26.3. The molecule has 4 heterocycles. The lowest BCUT2D eigenvalue weighted by Crippen LogP contribution is -2.71. The van der Waals surface area contributed by atoms with E-state index < -0.39 is 72.1 Å². The van der Waals surface area contributed by atoms with Gasteiger partial charge in [-0.2, -0.15) is 5.26 Å². The zero-order valence-electron chi connectivity index (χ0n) is 30.4. The molecule has 2 atom stereocenters. The Hall–Kier alpha value is -6.22. The topological polar surface area (TPSA) is 201 Å². The van der Waals surface area contributed by atoms with Gasteiger partial charge in [-0.05, 0) is 67.8 Å². The molecule has 55 heavy (non-hydrogen) atoms. The number of hydrogen-bond acceptors (Lipinski definition) is 14. The van der Waals surface area contributed by atoms with Gasteiger partial charge in [0.05, 0.1) is 13.5 Å². The molecule has 2 N–H and O–H groups in total. The van der Waals surface area contributed by atoms with Crippen molar-refractivity contribution in [3.8, 4) is 11.9 Å². The molecule has 0 spiro atoms. The SMILES string of the molecule is COc1ccc(COC(=O)C2=C(CN3C=CC(=C4C=NC(C(=O)NC#N)=C4)C=C3)CSC3C(NC(=O)/C(CC(=O)OC(C)(C)C)=N/OCCF)C(=O)N23)cc1. The molecule has 4 aliphatic rings. The van der Waals surface area contributed by atoms with Crippen LogP contribution < -0.4 is 15.4 Å². The second kappa shape index (κ2) is 17.7. The molecule has 0 bridgehead atoms. The highest BCUT2D eigenvalue weighted by molar-refractivity contribution is 8.00. The highest BCUT2D eigenvalue weighted by Gasteiger charge is 2.54. The van der Waals surface area contributed by atoms with E-state index in [1.807, 2.05) is 5.32 Å². The standard InChI is InChI=1S/C37H38FN7O9S/c1-37(2,3)54-29(46)16-28(43-53-14-11-38)33(48)42-30-34(49)45-31(36(50)52-19-22-5-7-26(51-4)8-6-22)25(20-55-35(30)45)18-44-12-9-23(10-13-44)24-15-27(40-17-24)32(47)41-21-39/h5-10,12-13,15,17,30,35H,11,14,16,18-20H2,1-4H3,(H,41,47)(H,42,48)/b43-28+. The van der Waals surface area contributed by atoms with Crippen LogP contribution in [0.3, 0.4) is 0 Å². The summed E-state index contributed by atoms with van der Waals surface area (Å²) in [7, 11) is 1.54. The minimum atomic E-state index is -1.10. The van der Waals surface area contributed by atoms with E-state index in [9.17, 15) is 28.4 Å². The molecule has 0 aromatic heterocycles. The fourth-order valence-electron chi connectivity index (χ4n) is 5.52. The largest absolute Gasteiger partial charge is 0.497 e. The molecule has 3 amide bonds. The quantitative estimate of drug-likeness (QED) is 0.0533. The minimum absolute atomic E-state index is 0.0339. The lowest BCUT2D eigenvalue weighted by Gasteiger charge is -2.50. The number of thioether (sulfide) groups is 1. The van der Waals surface area contributed by atoms with E-state index in [4.69, 9.17) is 24.3 Å². The van der Waals surface area contributed by atoms with Crippen LogP contribution in [0.2, 0.25) is 0 Å². The van der Waals surface area contributed by atoms with Crippen LogP contribution in [-0.4, -0.2) is 101 Å². The third-order valence-corrected chi connectivity index (χ3v) is 9.37. The van der Waals surface area contributed by atoms with Crippen molar-refractivity contribution in [2.75, 3.05) is 32.7 Å². The number of oxime groups is 1. The van der Waals surface area contributed by atoms with Crippen molar-refractivity contribution in [1.82, 2.24) is 20.4 Å². The molecule has 0 radical (unpaired) electrons. The Kier molecular flexibility index (Phi) is 12.9. The first-order valence-electron chi connectivity index (χ1n) is 16.9. The predicted molar refractivity (Wildman–Crippen MR) is 197 cm³/mol. The highest BCUT2D eigenvalue weighted by atomic mass is 32.2. The molecule has 1 aromatic rings. The van der Waals surface area contributed by atoms with Crippen LogP contribution in [0.5, 0.6) is 5.75 Å². The van der Waals surface area contributed by atoms with E-state index in [0.29, 0.717) is 22.5 Å². The van der Waals surface area contributed by atoms with Gasteiger partial charge >= 0.3 is 11.9 Å². The number of amides is 3. The lowest BCUT2D eigenvalue weighted by atomic mass is 10.0. The number of fused-ring (bicyclic) bond motifs is 1. The van der Waals surface area contributed by atoms with E-state index >= 15 is 0 Å². The van der Waals surface area contributed by atoms with Crippen LogP contribution in [0.15, 0.2) is 93.2 Å². The molecule has 5 rings (SSSR count). The van der Waals surface area contributed by atoms with Crippen molar-refractivity contribution in [3.63, 3.8) is 0 Å². The number of nitriles is 1. The number of hydrogen-bond donors (Lipinski definition) is 2. The van der Waals surface area contributed by atoms with Crippen molar-refractivity contribution in [3.05, 3.63) is 88.6 Å². The molecule has 2 unspecified atom stereocenters. The van der Waals surface area contributed by atoms with E-state index in [1.165, 1.54) is 30.0 Å². The zero-order valence-corrected chi connectivity index (χ0v) is 31.2. The average molecular weight is 776 g/mol. The molecule has 1 fully saturated rings. The highest BCUT2D eigenvalue weighted by Crippen LogP contribution is 2.41. The van der Waals surface area contributed by atoms with Gasteiger partial charge < -0.3 is 29.3 Å². The lowest BCUT2D eigenvalue weighted by molar-refractivity contribution is -0.154. The Balaban J connectivity index is 1.34. The third-order valence-electron chi connectivity index (χ3n) is 8.03. The Morgan fingerprint density at radius 3 is 2.51 bits per heavy atom. The summed E-state index contributed by atoms with van der Waals surface area (Å²) in [6.07, 6.45) is 11.2. The van der Waals surface area contributed by atoms with Crippen molar-refractivity contribution in [2.24, 2.45) is 10.1 Å². The summed E-state index contributed by atoms with van der Waals surface area (Å²) in [5.74, 6) is -2.73. The number of alkyl halides is 1. The minimum Gasteiger partial charge on any atom is -0.497 e. The summed E-state index contributed by atoms with van der Waals surface area (Å²) in [4.78, 5) is 77.4. The number of methoxy groups -OCH3 is 1. The Morgan fingerprint density at radius 1 is 1.13 bits per heavy atom. The molecular weight excluding hydrogens is 738 g/mol. The molecule has 18 heteroatoms. The summed E-state index contributed by atoms with van der Waals surface area (Å²) in [5, 5.41) is 16.3. The van der Waals surface area contributed by atoms with Crippen molar-refractivity contribution in [1.29, 1.82) is 5.26 Å². The molecular formula is C37H38FN7O9S. The van der Waals surface area contributed by atoms with Crippen LogP contribution in [0.25, 0.3) is 0 Å². The van der Waals surface area contributed by atoms with E-state index in [2.05, 4.69) is 15.5 Å². The van der Waals surface area contributed by atoms with Gasteiger partial charge in [0.2, 0.25) is 0 Å². The van der Waals surface area contributed by atoms with Crippen LogP contribution >= 0.6 is 11.8 Å². The molecule has 4 aliphatic heterocycles. The first-order valence-corrected chi connectivity index (χ1v) is 17.9. The fourth-order valence-corrected chi connectivity index (χ4v) is 6.85. The number of carbonyl (C=O) groups excluding carboxylic acids is 5. The number of β-lactam (4-membered cyclic amide) rings is 1. The number of rotatable bonds is 14. The van der Waals surface area contributed by atoms with Gasteiger partial charge in [0.25, 0.3) is 17.7 Å². The van der Waals surface area contributed by atoms with Crippen LogP contribution in [0, 0.1) is 11.5 Å². The Labute approximate surface area is 320 Å².